The van der Waals surface area contributed by atoms with Crippen LogP contribution in [-0.4, -0.2) is 28.1 Å². The zero-order chi connectivity index (χ0) is 7.19. The lowest BCUT2D eigenvalue weighted by Crippen LogP contribution is -2.41. The van der Waals surface area contributed by atoms with Gasteiger partial charge in [0.05, 0.1) is 19.3 Å². The second-order valence-corrected chi connectivity index (χ2v) is 6.29. The summed E-state index contributed by atoms with van der Waals surface area (Å²) in [6, 6.07) is 0. The first-order valence-electron chi connectivity index (χ1n) is 3.69. The Hall–Kier alpha value is 0.0969. The molecule has 10 heavy (non-hydrogen) atoms. The molecule has 0 aliphatic carbocycles. The van der Waals surface area contributed by atoms with E-state index in [2.05, 4.69) is 13.8 Å². The van der Waals surface area contributed by atoms with Crippen molar-refractivity contribution in [1.29, 1.82) is 0 Å². The first-order chi connectivity index (χ1) is 4.73. The molecule has 2 fully saturated rings. The van der Waals surface area contributed by atoms with Gasteiger partial charge in [0.25, 0.3) is 0 Å². The molecule has 58 valence electrons. The van der Waals surface area contributed by atoms with Gasteiger partial charge in [0.1, 0.15) is 0 Å². The van der Waals surface area contributed by atoms with Gasteiger partial charge in [-0.25, -0.2) is 0 Å². The van der Waals surface area contributed by atoms with E-state index in [-0.39, 0.29) is 6.10 Å². The van der Waals surface area contributed by atoms with Crippen LogP contribution in [0.1, 0.15) is 13.8 Å². The van der Waals surface area contributed by atoms with Gasteiger partial charge in [0, 0.05) is 5.54 Å². The molecule has 0 radical (unpaired) electrons. The minimum Gasteiger partial charge on any atom is -0.371 e. The summed E-state index contributed by atoms with van der Waals surface area (Å²) in [5.74, 6) is 0. The smallest absolute Gasteiger partial charge is 0.371 e. The third kappa shape index (κ3) is 0.764. The highest BCUT2D eigenvalue weighted by atomic mass is 28.4. The van der Waals surface area contributed by atoms with Crippen LogP contribution in [-0.2, 0) is 13.3 Å². The molecular formula is C6H12O3Si. The molecule has 0 spiro atoms. The van der Waals surface area contributed by atoms with Crippen molar-refractivity contribution in [3.05, 3.63) is 0 Å². The monoisotopic (exact) mass is 160 g/mol. The Morgan fingerprint density at radius 3 is 2.10 bits per heavy atom. The Labute approximate surface area is 61.6 Å². The summed E-state index contributed by atoms with van der Waals surface area (Å²) in [4.78, 5) is 0. The van der Waals surface area contributed by atoms with E-state index in [1.807, 2.05) is 0 Å². The topological polar surface area (TPSA) is 27.7 Å². The van der Waals surface area contributed by atoms with E-state index in [4.69, 9.17) is 13.3 Å². The summed E-state index contributed by atoms with van der Waals surface area (Å²) in [6.45, 7) is 5.70. The molecule has 0 N–H and O–H groups in total. The van der Waals surface area contributed by atoms with Crippen molar-refractivity contribution >= 4 is 8.80 Å². The van der Waals surface area contributed by atoms with Gasteiger partial charge in [-0.05, 0) is 0 Å². The van der Waals surface area contributed by atoms with Gasteiger partial charge < -0.3 is 13.3 Å². The maximum Gasteiger partial charge on any atom is 0.504 e. The van der Waals surface area contributed by atoms with Gasteiger partial charge >= 0.3 is 8.80 Å². The Bertz CT molecular complexity index is 140. The molecule has 3 nitrogen and oxygen atoms in total. The van der Waals surface area contributed by atoms with Gasteiger partial charge in [-0.2, -0.15) is 0 Å². The van der Waals surface area contributed by atoms with Gasteiger partial charge in [-0.15, -0.1) is 0 Å². The Morgan fingerprint density at radius 2 is 1.90 bits per heavy atom. The van der Waals surface area contributed by atoms with Crippen molar-refractivity contribution in [3.63, 3.8) is 0 Å². The molecule has 2 aliphatic heterocycles. The molecule has 2 heterocycles. The first-order valence-corrected chi connectivity index (χ1v) is 5.49. The van der Waals surface area contributed by atoms with Crippen LogP contribution in [0.5, 0.6) is 0 Å². The lowest BCUT2D eigenvalue weighted by atomic mass is 10.4. The van der Waals surface area contributed by atoms with Crippen LogP contribution in [0.2, 0.25) is 5.54 Å². The van der Waals surface area contributed by atoms with Crippen molar-refractivity contribution < 1.29 is 13.3 Å². The predicted octanol–water partition coefficient (Wildman–Crippen LogP) is 0.781. The highest BCUT2D eigenvalue weighted by Gasteiger charge is 2.57. The lowest BCUT2D eigenvalue weighted by Gasteiger charge is -2.22. The van der Waals surface area contributed by atoms with E-state index in [0.717, 1.165) is 13.2 Å². The predicted molar refractivity (Wildman–Crippen MR) is 37.6 cm³/mol. The largest absolute Gasteiger partial charge is 0.504 e. The van der Waals surface area contributed by atoms with Crippen molar-refractivity contribution in [2.75, 3.05) is 13.2 Å². The maximum atomic E-state index is 5.62. The standard InChI is InChI=1S/C6H12O3Si/c1-5(2)10-7-3-6(9-10)4-8-10/h5-6H,3-4H2,1-2H3. The van der Waals surface area contributed by atoms with Crippen LogP contribution in [0.3, 0.4) is 0 Å². The minimum atomic E-state index is -2.11. The van der Waals surface area contributed by atoms with E-state index in [1.54, 1.807) is 0 Å². The number of hydrogen-bond acceptors (Lipinski definition) is 3. The zero-order valence-electron chi connectivity index (χ0n) is 6.29. The zero-order valence-corrected chi connectivity index (χ0v) is 7.29. The first kappa shape index (κ1) is 6.79. The molecule has 2 rings (SSSR count). The fraction of sp³-hybridized carbons (Fsp3) is 1.00. The fourth-order valence-electron chi connectivity index (χ4n) is 1.35. The average Bonchev–Trinajstić information content (AvgIpc) is 2.45. The van der Waals surface area contributed by atoms with Crippen LogP contribution in [0.4, 0.5) is 0 Å². The van der Waals surface area contributed by atoms with Gasteiger partial charge in [0.2, 0.25) is 0 Å². The van der Waals surface area contributed by atoms with Crippen molar-refractivity contribution in [2.45, 2.75) is 25.5 Å². The Kier molecular flexibility index (Phi) is 1.38. The average molecular weight is 160 g/mol. The quantitative estimate of drug-likeness (QED) is 0.531. The number of fused-ring (bicyclic) bond motifs is 2. The van der Waals surface area contributed by atoms with Crippen LogP contribution in [0.25, 0.3) is 0 Å². The molecule has 2 bridgehead atoms. The van der Waals surface area contributed by atoms with Crippen LogP contribution in [0.15, 0.2) is 0 Å². The highest BCUT2D eigenvalue weighted by Crippen LogP contribution is 2.36. The number of hydrogen-bond donors (Lipinski definition) is 0. The van der Waals surface area contributed by atoms with Gasteiger partial charge in [0.15, 0.2) is 0 Å². The van der Waals surface area contributed by atoms with E-state index < -0.39 is 8.80 Å². The summed E-state index contributed by atoms with van der Waals surface area (Å²) in [5, 5.41) is 0. The normalized spacial score (nSPS) is 45.3. The summed E-state index contributed by atoms with van der Waals surface area (Å²) in [6.07, 6.45) is 0.245. The molecule has 0 unspecified atom stereocenters. The molecule has 0 amide bonds. The molecule has 0 aromatic heterocycles. The van der Waals surface area contributed by atoms with E-state index >= 15 is 0 Å². The van der Waals surface area contributed by atoms with Crippen LogP contribution in [0, 0.1) is 0 Å². The number of rotatable bonds is 1. The molecule has 0 aromatic carbocycles. The van der Waals surface area contributed by atoms with Crippen molar-refractivity contribution in [1.82, 2.24) is 0 Å². The molecule has 0 saturated carbocycles. The molecule has 4 heteroatoms. The summed E-state index contributed by atoms with van der Waals surface area (Å²) < 4.78 is 16.6. The van der Waals surface area contributed by atoms with E-state index in [0.29, 0.717) is 5.54 Å². The van der Waals surface area contributed by atoms with Crippen LogP contribution < -0.4 is 0 Å². The van der Waals surface area contributed by atoms with Crippen molar-refractivity contribution in [2.24, 2.45) is 0 Å². The third-order valence-electron chi connectivity index (χ3n) is 1.98. The molecule has 2 aliphatic rings. The highest BCUT2D eigenvalue weighted by molar-refractivity contribution is 6.63. The SMILES string of the molecule is CC(C)[Si]12OCC(CO1)O2. The van der Waals surface area contributed by atoms with E-state index in [1.165, 1.54) is 0 Å². The second kappa shape index (κ2) is 2.04. The summed E-state index contributed by atoms with van der Waals surface area (Å²) in [7, 11) is -2.11. The molecule has 0 atom stereocenters. The molecule has 0 aromatic rings. The van der Waals surface area contributed by atoms with E-state index in [9.17, 15) is 0 Å². The summed E-state index contributed by atoms with van der Waals surface area (Å²) >= 11 is 0. The maximum absolute atomic E-state index is 5.62. The second-order valence-electron chi connectivity index (χ2n) is 3.12. The van der Waals surface area contributed by atoms with Crippen molar-refractivity contribution in [3.8, 4) is 0 Å². The van der Waals surface area contributed by atoms with Gasteiger partial charge in [-0.1, -0.05) is 13.8 Å². The van der Waals surface area contributed by atoms with Gasteiger partial charge in [-0.3, -0.25) is 0 Å². The minimum absolute atomic E-state index is 0.245. The Balaban J connectivity index is 2.15. The molecular weight excluding hydrogens is 148 g/mol. The van der Waals surface area contributed by atoms with Crippen LogP contribution >= 0.6 is 0 Å². The summed E-state index contributed by atoms with van der Waals surface area (Å²) in [5.41, 5.74) is 0.417. The lowest BCUT2D eigenvalue weighted by molar-refractivity contribution is 0.143. The molecule has 2 saturated heterocycles. The fourth-order valence-corrected chi connectivity index (χ4v) is 3.94. The third-order valence-corrected chi connectivity index (χ3v) is 5.19. The Morgan fingerprint density at radius 1 is 1.30 bits per heavy atom.